The number of aryl methyl sites for hydroxylation is 1. The first kappa shape index (κ1) is 17.4. The lowest BCUT2D eigenvalue weighted by atomic mass is 10.1. The summed E-state index contributed by atoms with van der Waals surface area (Å²) in [5, 5.41) is 3.58. The first-order chi connectivity index (χ1) is 12.0. The second kappa shape index (κ2) is 7.66. The number of hydrogen-bond acceptors (Lipinski definition) is 4. The van der Waals surface area contributed by atoms with Gasteiger partial charge in [-0.05, 0) is 55.3 Å². The molecule has 1 atom stereocenters. The topological polar surface area (TPSA) is 56.8 Å². The molecule has 0 aliphatic carbocycles. The molecule has 3 rings (SSSR count). The molecule has 1 heterocycles. The summed E-state index contributed by atoms with van der Waals surface area (Å²) in [5.41, 5.74) is 1.85. The highest BCUT2D eigenvalue weighted by atomic mass is 35.5. The Morgan fingerprint density at radius 1 is 1.20 bits per heavy atom. The molecule has 1 N–H and O–H groups in total. The number of benzene rings is 2. The minimum Gasteiger partial charge on any atom is -0.486 e. The molecule has 2 aromatic carbocycles. The lowest BCUT2D eigenvalue weighted by molar-refractivity contribution is -0.123. The third-order valence-electron chi connectivity index (χ3n) is 3.94. The summed E-state index contributed by atoms with van der Waals surface area (Å²) in [6.07, 6.45) is 0. The van der Waals surface area contributed by atoms with E-state index in [1.807, 2.05) is 32.0 Å². The maximum Gasteiger partial charge on any atom is 0.258 e. The Kier molecular flexibility index (Phi) is 5.34. The molecule has 1 aliphatic rings. The van der Waals surface area contributed by atoms with Crippen LogP contribution < -0.4 is 19.5 Å². The van der Waals surface area contributed by atoms with Crippen molar-refractivity contribution in [2.75, 3.05) is 19.8 Å². The quantitative estimate of drug-likeness (QED) is 0.882. The number of carbonyl (C=O) groups excluding carboxylic acids is 1. The molecule has 0 aromatic heterocycles. The Morgan fingerprint density at radius 2 is 1.96 bits per heavy atom. The molecule has 0 saturated heterocycles. The number of carbonyl (C=O) groups is 1. The molecule has 2 aromatic rings. The molecule has 0 unspecified atom stereocenters. The van der Waals surface area contributed by atoms with E-state index in [-0.39, 0.29) is 18.6 Å². The summed E-state index contributed by atoms with van der Waals surface area (Å²) in [4.78, 5) is 12.1. The minimum absolute atomic E-state index is 0.0596. The van der Waals surface area contributed by atoms with Crippen LogP contribution in [0.5, 0.6) is 17.2 Å². The van der Waals surface area contributed by atoms with Crippen LogP contribution in [0.3, 0.4) is 0 Å². The molecule has 0 radical (unpaired) electrons. The van der Waals surface area contributed by atoms with Crippen molar-refractivity contribution < 1.29 is 19.0 Å². The first-order valence-corrected chi connectivity index (χ1v) is 8.48. The average molecular weight is 362 g/mol. The molecule has 132 valence electrons. The van der Waals surface area contributed by atoms with Gasteiger partial charge >= 0.3 is 0 Å². The lowest BCUT2D eigenvalue weighted by Crippen LogP contribution is -2.31. The Balaban J connectivity index is 1.56. The summed E-state index contributed by atoms with van der Waals surface area (Å²) in [6.45, 7) is 4.83. The van der Waals surface area contributed by atoms with E-state index in [0.717, 1.165) is 16.9 Å². The van der Waals surface area contributed by atoms with Crippen LogP contribution in [0.15, 0.2) is 36.4 Å². The molecule has 1 aliphatic heterocycles. The Labute approximate surface area is 151 Å². The summed E-state index contributed by atoms with van der Waals surface area (Å²) < 4.78 is 16.6. The predicted octanol–water partition coefficient (Wildman–Crippen LogP) is 3.68. The molecule has 0 bridgehead atoms. The minimum atomic E-state index is -0.199. The van der Waals surface area contributed by atoms with E-state index in [9.17, 15) is 4.79 Å². The third-order valence-corrected chi connectivity index (χ3v) is 4.37. The second-order valence-electron chi connectivity index (χ2n) is 5.89. The zero-order chi connectivity index (χ0) is 17.8. The molecular formula is C19H20ClNO4. The van der Waals surface area contributed by atoms with Crippen LogP contribution >= 0.6 is 11.6 Å². The zero-order valence-electron chi connectivity index (χ0n) is 14.2. The van der Waals surface area contributed by atoms with Crippen LogP contribution in [-0.2, 0) is 4.79 Å². The number of ether oxygens (including phenoxy) is 3. The van der Waals surface area contributed by atoms with E-state index in [1.165, 1.54) is 0 Å². The van der Waals surface area contributed by atoms with Gasteiger partial charge in [0.15, 0.2) is 18.1 Å². The highest BCUT2D eigenvalue weighted by Crippen LogP contribution is 2.32. The smallest absolute Gasteiger partial charge is 0.258 e. The van der Waals surface area contributed by atoms with Crippen molar-refractivity contribution in [3.8, 4) is 17.2 Å². The van der Waals surface area contributed by atoms with Crippen molar-refractivity contribution in [3.63, 3.8) is 0 Å². The van der Waals surface area contributed by atoms with Crippen LogP contribution in [0.4, 0.5) is 0 Å². The van der Waals surface area contributed by atoms with Crippen LogP contribution in [0, 0.1) is 6.92 Å². The van der Waals surface area contributed by atoms with E-state index >= 15 is 0 Å². The Hall–Kier alpha value is -2.40. The van der Waals surface area contributed by atoms with Crippen LogP contribution in [-0.4, -0.2) is 25.7 Å². The van der Waals surface area contributed by atoms with E-state index in [2.05, 4.69) is 5.32 Å². The summed E-state index contributed by atoms with van der Waals surface area (Å²) >= 11 is 5.98. The van der Waals surface area contributed by atoms with Crippen molar-refractivity contribution in [1.29, 1.82) is 0 Å². The number of fused-ring (bicyclic) bond motifs is 1. The average Bonchev–Trinajstić information content (AvgIpc) is 2.62. The van der Waals surface area contributed by atoms with Gasteiger partial charge in [-0.25, -0.2) is 0 Å². The fourth-order valence-corrected chi connectivity index (χ4v) is 2.67. The molecular weight excluding hydrogens is 342 g/mol. The molecule has 6 heteroatoms. The van der Waals surface area contributed by atoms with Gasteiger partial charge in [0.25, 0.3) is 5.91 Å². The maximum atomic E-state index is 12.1. The lowest BCUT2D eigenvalue weighted by Gasteiger charge is -2.21. The molecule has 25 heavy (non-hydrogen) atoms. The monoisotopic (exact) mass is 361 g/mol. The van der Waals surface area contributed by atoms with Gasteiger partial charge in [-0.15, -0.1) is 0 Å². The highest BCUT2D eigenvalue weighted by Gasteiger charge is 2.16. The standard InChI is InChI=1S/C19H20ClNO4/c1-12-9-15(4-5-16(12)20)25-11-19(22)21-13(2)14-3-6-17-18(10-14)24-8-7-23-17/h3-6,9-10,13H,7-8,11H2,1-2H3,(H,21,22)/t13-/m1/s1. The number of hydrogen-bond donors (Lipinski definition) is 1. The van der Waals surface area contributed by atoms with Crippen molar-refractivity contribution in [2.45, 2.75) is 19.9 Å². The number of halogens is 1. The summed E-state index contributed by atoms with van der Waals surface area (Å²) in [5.74, 6) is 1.85. The second-order valence-corrected chi connectivity index (χ2v) is 6.30. The molecule has 5 nitrogen and oxygen atoms in total. The molecule has 0 spiro atoms. The van der Waals surface area contributed by atoms with Crippen molar-refractivity contribution in [2.24, 2.45) is 0 Å². The first-order valence-electron chi connectivity index (χ1n) is 8.11. The Bertz CT molecular complexity index is 778. The van der Waals surface area contributed by atoms with Crippen molar-refractivity contribution >= 4 is 17.5 Å². The van der Waals surface area contributed by atoms with Crippen molar-refractivity contribution in [1.82, 2.24) is 5.32 Å². The predicted molar refractivity (Wildman–Crippen MR) is 95.7 cm³/mol. The Morgan fingerprint density at radius 3 is 2.72 bits per heavy atom. The van der Waals surface area contributed by atoms with E-state index in [0.29, 0.717) is 29.7 Å². The summed E-state index contributed by atoms with van der Waals surface area (Å²) in [7, 11) is 0. The van der Waals surface area contributed by atoms with Gasteiger partial charge in [-0.3, -0.25) is 4.79 Å². The number of nitrogens with one attached hydrogen (secondary N) is 1. The molecule has 0 fully saturated rings. The zero-order valence-corrected chi connectivity index (χ0v) is 14.9. The largest absolute Gasteiger partial charge is 0.486 e. The van der Waals surface area contributed by atoms with Crippen molar-refractivity contribution in [3.05, 3.63) is 52.5 Å². The number of rotatable bonds is 5. The van der Waals surface area contributed by atoms with Gasteiger partial charge in [0, 0.05) is 5.02 Å². The normalized spacial score (nSPS) is 13.9. The van der Waals surface area contributed by atoms with Gasteiger partial charge in [0.2, 0.25) is 0 Å². The fraction of sp³-hybridized carbons (Fsp3) is 0.316. The van der Waals surface area contributed by atoms with Gasteiger partial charge in [-0.2, -0.15) is 0 Å². The van der Waals surface area contributed by atoms with Gasteiger partial charge in [0.05, 0.1) is 6.04 Å². The van der Waals surface area contributed by atoms with Crippen LogP contribution in [0.25, 0.3) is 0 Å². The summed E-state index contributed by atoms with van der Waals surface area (Å²) in [6, 6.07) is 10.8. The van der Waals surface area contributed by atoms with E-state index in [4.69, 9.17) is 25.8 Å². The van der Waals surface area contributed by atoms with Gasteiger partial charge in [-0.1, -0.05) is 17.7 Å². The fourth-order valence-electron chi connectivity index (χ4n) is 2.55. The number of amides is 1. The van der Waals surface area contributed by atoms with E-state index < -0.39 is 0 Å². The third kappa shape index (κ3) is 4.37. The van der Waals surface area contributed by atoms with Gasteiger partial charge < -0.3 is 19.5 Å². The van der Waals surface area contributed by atoms with Crippen LogP contribution in [0.2, 0.25) is 5.02 Å². The SMILES string of the molecule is Cc1cc(OCC(=O)N[C@H](C)c2ccc3c(c2)OCCO3)ccc1Cl. The molecule has 1 amide bonds. The molecule has 0 saturated carbocycles. The van der Waals surface area contributed by atoms with E-state index in [1.54, 1.807) is 18.2 Å². The highest BCUT2D eigenvalue weighted by molar-refractivity contribution is 6.31. The maximum absolute atomic E-state index is 12.1. The van der Waals surface area contributed by atoms with Crippen LogP contribution in [0.1, 0.15) is 24.1 Å². The van der Waals surface area contributed by atoms with Gasteiger partial charge in [0.1, 0.15) is 19.0 Å².